The molecule has 1 saturated heterocycles. The van der Waals surface area contributed by atoms with Gasteiger partial charge in [0.1, 0.15) is 5.82 Å². The van der Waals surface area contributed by atoms with Crippen molar-refractivity contribution in [2.45, 2.75) is 37.5 Å². The molecule has 170 valence electrons. The number of benzene rings is 2. The summed E-state index contributed by atoms with van der Waals surface area (Å²) in [6, 6.07) is 14.1. The number of carbonyl (C=O) groups excluding carboxylic acids is 2. The van der Waals surface area contributed by atoms with Crippen LogP contribution >= 0.6 is 0 Å². The van der Waals surface area contributed by atoms with E-state index in [9.17, 15) is 14.0 Å². The summed E-state index contributed by atoms with van der Waals surface area (Å²) in [6.45, 7) is 3.54. The number of hydrogen-bond donors (Lipinski definition) is 2. The molecule has 6 nitrogen and oxygen atoms in total. The zero-order valence-corrected chi connectivity index (χ0v) is 18.2. The van der Waals surface area contributed by atoms with E-state index in [0.29, 0.717) is 25.4 Å². The van der Waals surface area contributed by atoms with Gasteiger partial charge in [0, 0.05) is 31.7 Å². The second kappa shape index (κ2) is 10.2. The van der Waals surface area contributed by atoms with Gasteiger partial charge in [-0.25, -0.2) is 4.39 Å². The highest BCUT2D eigenvalue weighted by Gasteiger charge is 2.42. The highest BCUT2D eigenvalue weighted by molar-refractivity contribution is 6.00. The molecule has 2 aromatic carbocycles. The van der Waals surface area contributed by atoms with E-state index in [2.05, 4.69) is 15.5 Å². The highest BCUT2D eigenvalue weighted by Crippen LogP contribution is 2.42. The molecular weight excluding hydrogens is 409 g/mol. The monoisotopic (exact) mass is 439 g/mol. The first-order valence-electron chi connectivity index (χ1n) is 11.3. The van der Waals surface area contributed by atoms with Gasteiger partial charge >= 0.3 is 0 Å². The van der Waals surface area contributed by atoms with Crippen LogP contribution in [0.1, 0.15) is 37.7 Å². The number of carbonyl (C=O) groups is 2. The molecular formula is C25H30FN3O3. The largest absolute Gasteiger partial charge is 0.379 e. The topological polar surface area (TPSA) is 70.7 Å². The van der Waals surface area contributed by atoms with Gasteiger partial charge in [0.25, 0.3) is 0 Å². The zero-order valence-electron chi connectivity index (χ0n) is 18.2. The van der Waals surface area contributed by atoms with Crippen molar-refractivity contribution in [3.63, 3.8) is 0 Å². The molecule has 7 heteroatoms. The van der Waals surface area contributed by atoms with Crippen molar-refractivity contribution < 1.29 is 18.7 Å². The molecule has 1 aliphatic heterocycles. The predicted molar refractivity (Wildman–Crippen MR) is 122 cm³/mol. The third-order valence-corrected chi connectivity index (χ3v) is 6.48. The third kappa shape index (κ3) is 5.16. The van der Waals surface area contributed by atoms with Gasteiger partial charge < -0.3 is 15.4 Å². The molecule has 1 heterocycles. The molecule has 0 radical (unpaired) electrons. The van der Waals surface area contributed by atoms with Gasteiger partial charge in [-0.3, -0.25) is 14.5 Å². The minimum absolute atomic E-state index is 0.0787. The van der Waals surface area contributed by atoms with Crippen LogP contribution in [0.15, 0.2) is 48.5 Å². The van der Waals surface area contributed by atoms with E-state index in [4.69, 9.17) is 4.74 Å². The quantitative estimate of drug-likeness (QED) is 0.686. The van der Waals surface area contributed by atoms with Gasteiger partial charge in [-0.05, 0) is 36.6 Å². The Labute approximate surface area is 188 Å². The van der Waals surface area contributed by atoms with Crippen LogP contribution in [-0.4, -0.2) is 49.6 Å². The van der Waals surface area contributed by atoms with Crippen molar-refractivity contribution in [3.8, 4) is 0 Å². The Hall–Kier alpha value is -2.77. The molecule has 0 aromatic heterocycles. The molecule has 2 N–H and O–H groups in total. The van der Waals surface area contributed by atoms with Crippen LogP contribution < -0.4 is 10.6 Å². The van der Waals surface area contributed by atoms with E-state index in [1.54, 1.807) is 0 Å². The van der Waals surface area contributed by atoms with E-state index in [-0.39, 0.29) is 23.9 Å². The average molecular weight is 440 g/mol. The Morgan fingerprint density at radius 2 is 1.72 bits per heavy atom. The molecule has 4 rings (SSSR count). The fraction of sp³-hybridized carbons (Fsp3) is 0.440. The van der Waals surface area contributed by atoms with E-state index >= 15 is 0 Å². The highest BCUT2D eigenvalue weighted by atomic mass is 19.1. The van der Waals surface area contributed by atoms with Crippen LogP contribution in [0.5, 0.6) is 0 Å². The molecule has 32 heavy (non-hydrogen) atoms. The van der Waals surface area contributed by atoms with Gasteiger partial charge in [-0.15, -0.1) is 0 Å². The first kappa shape index (κ1) is 22.4. The fourth-order valence-corrected chi connectivity index (χ4v) is 4.63. The first-order valence-corrected chi connectivity index (χ1v) is 11.3. The van der Waals surface area contributed by atoms with Gasteiger partial charge in [-0.2, -0.15) is 0 Å². The molecule has 0 spiro atoms. The van der Waals surface area contributed by atoms with Crippen molar-refractivity contribution in [2.24, 2.45) is 0 Å². The number of amides is 2. The standard InChI is InChI=1S/C25H30FN3O3/c26-21-9-8-20(18-22(21)28-23(30)10-13-29-14-16-32-17-15-29)27-24(31)25(11-4-5-12-25)19-6-2-1-3-7-19/h1-3,6-9,18H,4-5,10-17H2,(H,27,31)(H,28,30). The number of nitrogens with one attached hydrogen (secondary N) is 2. The number of morpholine rings is 1. The molecule has 1 saturated carbocycles. The SMILES string of the molecule is O=C(CCN1CCOCC1)Nc1cc(NC(=O)C2(c3ccccc3)CCCC2)ccc1F. The van der Waals surface area contributed by atoms with Crippen LogP contribution in [0.4, 0.5) is 15.8 Å². The lowest BCUT2D eigenvalue weighted by molar-refractivity contribution is -0.121. The smallest absolute Gasteiger partial charge is 0.235 e. The molecule has 0 unspecified atom stereocenters. The fourth-order valence-electron chi connectivity index (χ4n) is 4.63. The van der Waals surface area contributed by atoms with Crippen LogP contribution in [0, 0.1) is 5.82 Å². The normalized spacial score (nSPS) is 18.3. The summed E-state index contributed by atoms with van der Waals surface area (Å²) in [6.07, 6.45) is 3.84. The first-order chi connectivity index (χ1) is 15.6. The lowest BCUT2D eigenvalue weighted by Gasteiger charge is -2.28. The van der Waals surface area contributed by atoms with Gasteiger partial charge in [-0.1, -0.05) is 43.2 Å². The van der Waals surface area contributed by atoms with Gasteiger partial charge in [0.05, 0.1) is 24.3 Å². The van der Waals surface area contributed by atoms with Gasteiger partial charge in [0.2, 0.25) is 11.8 Å². The zero-order chi connectivity index (χ0) is 22.4. The summed E-state index contributed by atoms with van der Waals surface area (Å²) in [5.41, 5.74) is 0.989. The summed E-state index contributed by atoms with van der Waals surface area (Å²) >= 11 is 0. The number of nitrogens with zero attached hydrogens (tertiary/aromatic N) is 1. The minimum Gasteiger partial charge on any atom is -0.379 e. The second-order valence-corrected chi connectivity index (χ2v) is 8.56. The van der Waals surface area contributed by atoms with E-state index in [1.165, 1.54) is 18.2 Å². The lowest BCUT2D eigenvalue weighted by atomic mass is 9.78. The predicted octanol–water partition coefficient (Wildman–Crippen LogP) is 3.94. The number of rotatable bonds is 7. The van der Waals surface area contributed by atoms with Crippen molar-refractivity contribution in [1.29, 1.82) is 0 Å². The number of ether oxygens (including phenoxy) is 1. The summed E-state index contributed by atoms with van der Waals surface area (Å²) in [5, 5.41) is 5.62. The molecule has 2 fully saturated rings. The number of hydrogen-bond acceptors (Lipinski definition) is 4. The average Bonchev–Trinajstić information content (AvgIpc) is 3.33. The van der Waals surface area contributed by atoms with Crippen LogP contribution in [0.3, 0.4) is 0 Å². The Morgan fingerprint density at radius 3 is 2.44 bits per heavy atom. The minimum atomic E-state index is -0.572. The number of halogens is 1. The van der Waals surface area contributed by atoms with Crippen molar-refractivity contribution in [2.75, 3.05) is 43.5 Å². The molecule has 1 aliphatic carbocycles. The second-order valence-electron chi connectivity index (χ2n) is 8.56. The molecule has 2 aromatic rings. The Bertz CT molecular complexity index is 939. The molecule has 0 bridgehead atoms. The summed E-state index contributed by atoms with van der Waals surface area (Å²) < 4.78 is 19.7. The Balaban J connectivity index is 1.41. The Kier molecular flexibility index (Phi) is 7.17. The van der Waals surface area contributed by atoms with E-state index in [0.717, 1.165) is 44.3 Å². The Morgan fingerprint density at radius 1 is 1.00 bits per heavy atom. The maximum atomic E-state index is 14.3. The maximum absolute atomic E-state index is 14.3. The molecule has 2 amide bonds. The van der Waals surface area contributed by atoms with E-state index in [1.807, 2.05) is 30.3 Å². The van der Waals surface area contributed by atoms with Crippen molar-refractivity contribution in [1.82, 2.24) is 4.90 Å². The number of anilines is 2. The van der Waals surface area contributed by atoms with E-state index < -0.39 is 11.2 Å². The summed E-state index contributed by atoms with van der Waals surface area (Å²) in [7, 11) is 0. The maximum Gasteiger partial charge on any atom is 0.235 e. The summed E-state index contributed by atoms with van der Waals surface area (Å²) in [4.78, 5) is 27.8. The van der Waals surface area contributed by atoms with Crippen molar-refractivity contribution in [3.05, 3.63) is 59.9 Å². The van der Waals surface area contributed by atoms with Crippen LogP contribution in [0.2, 0.25) is 0 Å². The van der Waals surface area contributed by atoms with Gasteiger partial charge in [0.15, 0.2) is 0 Å². The van der Waals surface area contributed by atoms with Crippen LogP contribution in [-0.2, 0) is 19.7 Å². The lowest BCUT2D eigenvalue weighted by Crippen LogP contribution is -2.38. The third-order valence-electron chi connectivity index (χ3n) is 6.48. The molecule has 2 aliphatic rings. The molecule has 0 atom stereocenters. The van der Waals surface area contributed by atoms with Crippen molar-refractivity contribution >= 4 is 23.2 Å². The van der Waals surface area contributed by atoms with Crippen LogP contribution in [0.25, 0.3) is 0 Å². The summed E-state index contributed by atoms with van der Waals surface area (Å²) in [5.74, 6) is -0.867.